The van der Waals surface area contributed by atoms with Gasteiger partial charge in [0.2, 0.25) is 5.91 Å². The first-order valence-corrected chi connectivity index (χ1v) is 11.7. The summed E-state index contributed by atoms with van der Waals surface area (Å²) in [4.78, 5) is 13.1. The molecule has 3 aromatic carbocycles. The molecule has 0 heterocycles. The highest BCUT2D eigenvalue weighted by atomic mass is 32.1. The van der Waals surface area contributed by atoms with E-state index in [0.717, 1.165) is 58.0 Å². The van der Waals surface area contributed by atoms with E-state index in [1.54, 1.807) is 6.08 Å². The Kier molecular flexibility index (Phi) is 9.60. The molecule has 5 heteroatoms. The van der Waals surface area contributed by atoms with Crippen LogP contribution in [-0.2, 0) is 9.53 Å². The van der Waals surface area contributed by atoms with Crippen molar-refractivity contribution in [3.05, 3.63) is 83.9 Å². The number of aryl methyl sites for hydroxylation is 1. The molecule has 0 spiro atoms. The van der Waals surface area contributed by atoms with Gasteiger partial charge >= 0.3 is 0 Å². The van der Waals surface area contributed by atoms with Crippen LogP contribution >= 0.6 is 12.6 Å². The predicted molar refractivity (Wildman–Crippen MR) is 139 cm³/mol. The molecule has 0 fully saturated rings. The van der Waals surface area contributed by atoms with E-state index in [0.29, 0.717) is 13.2 Å². The van der Waals surface area contributed by atoms with Gasteiger partial charge in [0.05, 0.1) is 6.61 Å². The Morgan fingerprint density at radius 2 is 1.67 bits per heavy atom. The summed E-state index contributed by atoms with van der Waals surface area (Å²) in [5, 5.41) is 2.86. The van der Waals surface area contributed by atoms with E-state index in [1.807, 2.05) is 61.5 Å². The molecule has 33 heavy (non-hydrogen) atoms. The smallest absolute Gasteiger partial charge is 0.248 e. The molecule has 0 radical (unpaired) electrons. The van der Waals surface area contributed by atoms with Crippen molar-refractivity contribution >= 4 is 30.3 Å². The summed E-state index contributed by atoms with van der Waals surface area (Å²) in [6.07, 6.45) is 5.62. The van der Waals surface area contributed by atoms with Crippen LogP contribution in [0.15, 0.2) is 77.7 Å². The molecule has 1 N–H and O–H groups in total. The van der Waals surface area contributed by atoms with Gasteiger partial charge in [0.25, 0.3) is 0 Å². The second-order valence-electron chi connectivity index (χ2n) is 7.78. The highest BCUT2D eigenvalue weighted by molar-refractivity contribution is 7.80. The molecule has 4 nitrogen and oxygen atoms in total. The first kappa shape index (κ1) is 24.6. The lowest BCUT2D eigenvalue weighted by Gasteiger charge is -2.09. The van der Waals surface area contributed by atoms with Gasteiger partial charge in [-0.2, -0.15) is 0 Å². The van der Waals surface area contributed by atoms with Crippen molar-refractivity contribution in [2.75, 3.05) is 25.1 Å². The molecular formula is C28H31NO3S. The van der Waals surface area contributed by atoms with Crippen molar-refractivity contribution in [2.45, 2.75) is 31.6 Å². The lowest BCUT2D eigenvalue weighted by atomic mass is 9.99. The fourth-order valence-electron chi connectivity index (χ4n) is 3.20. The fraction of sp³-hybridized carbons (Fsp3) is 0.250. The monoisotopic (exact) mass is 461 g/mol. The Hall–Kier alpha value is -3.02. The van der Waals surface area contributed by atoms with Crippen molar-refractivity contribution < 1.29 is 14.3 Å². The Bertz CT molecular complexity index is 1060. The molecule has 0 atom stereocenters. The summed E-state index contributed by atoms with van der Waals surface area (Å²) in [5.74, 6) is 0.652. The SMILES string of the molecule is CCCCOCCOc1ccc(-c2ccc(C)c(/C=C/C(=O)Nc3ccc(S)cc3)c2)cc1. The third-order valence-electron chi connectivity index (χ3n) is 5.15. The third kappa shape index (κ3) is 8.12. The number of hydrogen-bond donors (Lipinski definition) is 2. The van der Waals surface area contributed by atoms with Gasteiger partial charge in [0.1, 0.15) is 12.4 Å². The van der Waals surface area contributed by atoms with E-state index in [2.05, 4.69) is 43.1 Å². The highest BCUT2D eigenvalue weighted by Crippen LogP contribution is 2.25. The van der Waals surface area contributed by atoms with E-state index in [9.17, 15) is 4.79 Å². The number of unbranched alkanes of at least 4 members (excludes halogenated alkanes) is 1. The van der Waals surface area contributed by atoms with Gasteiger partial charge in [-0.05, 0) is 84.1 Å². The first-order valence-electron chi connectivity index (χ1n) is 11.2. The minimum absolute atomic E-state index is 0.174. The largest absolute Gasteiger partial charge is 0.491 e. The van der Waals surface area contributed by atoms with Crippen molar-refractivity contribution in [1.29, 1.82) is 0 Å². The molecule has 3 rings (SSSR count). The number of nitrogens with one attached hydrogen (secondary N) is 1. The van der Waals surface area contributed by atoms with Crippen LogP contribution < -0.4 is 10.1 Å². The maximum absolute atomic E-state index is 12.3. The van der Waals surface area contributed by atoms with Crippen LogP contribution in [0.1, 0.15) is 30.9 Å². The maximum atomic E-state index is 12.3. The molecule has 0 bridgehead atoms. The summed E-state index contributed by atoms with van der Waals surface area (Å²) < 4.78 is 11.3. The summed E-state index contributed by atoms with van der Waals surface area (Å²) in [7, 11) is 0. The predicted octanol–water partition coefficient (Wildman–Crippen LogP) is 6.80. The third-order valence-corrected chi connectivity index (χ3v) is 5.45. The topological polar surface area (TPSA) is 47.6 Å². The van der Waals surface area contributed by atoms with Crippen LogP contribution in [0.4, 0.5) is 5.69 Å². The molecular weight excluding hydrogens is 430 g/mol. The number of benzene rings is 3. The van der Waals surface area contributed by atoms with Crippen LogP contribution in [0.25, 0.3) is 17.2 Å². The van der Waals surface area contributed by atoms with Gasteiger partial charge in [-0.25, -0.2) is 0 Å². The van der Waals surface area contributed by atoms with Gasteiger partial charge < -0.3 is 14.8 Å². The number of amides is 1. The van der Waals surface area contributed by atoms with Crippen LogP contribution in [-0.4, -0.2) is 25.7 Å². The van der Waals surface area contributed by atoms with E-state index >= 15 is 0 Å². The van der Waals surface area contributed by atoms with E-state index in [4.69, 9.17) is 9.47 Å². The van der Waals surface area contributed by atoms with Crippen LogP contribution in [0.5, 0.6) is 5.75 Å². The molecule has 0 aromatic heterocycles. The molecule has 0 aliphatic rings. The van der Waals surface area contributed by atoms with E-state index in [-0.39, 0.29) is 5.91 Å². The minimum Gasteiger partial charge on any atom is -0.491 e. The Morgan fingerprint density at radius 1 is 0.939 bits per heavy atom. The number of carbonyl (C=O) groups excluding carboxylic acids is 1. The molecule has 1 amide bonds. The number of thiol groups is 1. The van der Waals surface area contributed by atoms with Gasteiger partial charge in [-0.3, -0.25) is 4.79 Å². The van der Waals surface area contributed by atoms with Gasteiger partial charge in [-0.15, -0.1) is 12.6 Å². The number of carbonyl (C=O) groups is 1. The second kappa shape index (κ2) is 12.9. The van der Waals surface area contributed by atoms with E-state index in [1.165, 1.54) is 0 Å². The zero-order chi connectivity index (χ0) is 23.5. The lowest BCUT2D eigenvalue weighted by Crippen LogP contribution is -2.07. The fourth-order valence-corrected chi connectivity index (χ4v) is 3.35. The van der Waals surface area contributed by atoms with Crippen molar-refractivity contribution in [2.24, 2.45) is 0 Å². The summed E-state index contributed by atoms with van der Waals surface area (Å²) in [5.41, 5.74) is 5.01. The molecule has 0 unspecified atom stereocenters. The Labute approximate surface area is 202 Å². The maximum Gasteiger partial charge on any atom is 0.248 e. The molecule has 3 aromatic rings. The van der Waals surface area contributed by atoms with Crippen molar-refractivity contribution in [3.63, 3.8) is 0 Å². The highest BCUT2D eigenvalue weighted by Gasteiger charge is 2.04. The summed E-state index contributed by atoms with van der Waals surface area (Å²) in [6, 6.07) is 21.6. The van der Waals surface area contributed by atoms with Crippen LogP contribution in [0.3, 0.4) is 0 Å². The van der Waals surface area contributed by atoms with Gasteiger partial charge in [-0.1, -0.05) is 37.6 Å². The number of hydrogen-bond acceptors (Lipinski definition) is 4. The normalized spacial score (nSPS) is 11.0. The van der Waals surface area contributed by atoms with Crippen molar-refractivity contribution in [1.82, 2.24) is 0 Å². The number of rotatable bonds is 11. The first-order chi connectivity index (χ1) is 16.0. The summed E-state index contributed by atoms with van der Waals surface area (Å²) >= 11 is 4.26. The quantitative estimate of drug-likeness (QED) is 0.188. The average Bonchev–Trinajstić information content (AvgIpc) is 2.83. The van der Waals surface area contributed by atoms with Gasteiger partial charge in [0, 0.05) is 23.3 Å². The zero-order valence-electron chi connectivity index (χ0n) is 19.2. The molecule has 0 aliphatic carbocycles. The van der Waals surface area contributed by atoms with E-state index < -0.39 is 0 Å². The molecule has 0 saturated carbocycles. The molecule has 0 saturated heterocycles. The van der Waals surface area contributed by atoms with Crippen LogP contribution in [0.2, 0.25) is 0 Å². The summed E-state index contributed by atoms with van der Waals surface area (Å²) in [6.45, 7) is 6.11. The standard InChI is InChI=1S/C28H31NO3S/c1-3-4-17-31-18-19-32-26-12-7-22(8-13-26)24-6-5-21(2)23(20-24)9-16-28(30)29-25-10-14-27(33)15-11-25/h5-16,20,33H,3-4,17-19H2,1-2H3,(H,29,30)/b16-9+. The Balaban J connectivity index is 1.59. The number of ether oxygens (including phenoxy) is 2. The molecule has 0 aliphatic heterocycles. The second-order valence-corrected chi connectivity index (χ2v) is 8.30. The number of anilines is 1. The van der Waals surface area contributed by atoms with Crippen molar-refractivity contribution in [3.8, 4) is 16.9 Å². The Morgan fingerprint density at radius 3 is 2.39 bits per heavy atom. The van der Waals surface area contributed by atoms with Crippen LogP contribution in [0, 0.1) is 6.92 Å². The van der Waals surface area contributed by atoms with Gasteiger partial charge in [0.15, 0.2) is 0 Å². The lowest BCUT2D eigenvalue weighted by molar-refractivity contribution is -0.111. The minimum atomic E-state index is -0.174. The average molecular weight is 462 g/mol. The molecule has 172 valence electrons. The zero-order valence-corrected chi connectivity index (χ0v) is 20.1.